The first-order valence-electron chi connectivity index (χ1n) is 5.12. The van der Waals surface area contributed by atoms with E-state index in [-0.39, 0.29) is 16.2 Å². The third-order valence-corrected chi connectivity index (χ3v) is 4.41. The van der Waals surface area contributed by atoms with Gasteiger partial charge < -0.3 is 5.11 Å². The molecule has 98 valence electrons. The number of carbonyl (C=O) groups is 1. The summed E-state index contributed by atoms with van der Waals surface area (Å²) in [6.07, 6.45) is 1.30. The second kappa shape index (κ2) is 5.54. The van der Waals surface area contributed by atoms with Crippen LogP contribution in [-0.4, -0.2) is 25.2 Å². The van der Waals surface area contributed by atoms with Crippen molar-refractivity contribution in [1.29, 1.82) is 0 Å². The Morgan fingerprint density at radius 1 is 1.33 bits per heavy atom. The molecular formula is C12H13ClO4S. The molecule has 1 aromatic rings. The normalized spacial score (nSPS) is 11.9. The molecule has 0 atom stereocenters. The van der Waals surface area contributed by atoms with Crippen molar-refractivity contribution >= 4 is 27.4 Å². The van der Waals surface area contributed by atoms with Gasteiger partial charge in [0.1, 0.15) is 0 Å². The molecule has 0 fully saturated rings. The van der Waals surface area contributed by atoms with Crippen LogP contribution in [0, 0.1) is 13.8 Å². The van der Waals surface area contributed by atoms with Crippen molar-refractivity contribution in [3.63, 3.8) is 0 Å². The van der Waals surface area contributed by atoms with Gasteiger partial charge >= 0.3 is 5.97 Å². The molecule has 0 heterocycles. The SMILES string of the molecule is Cc1cc(C)c(S(=O)(=O)C/C=C/Cl)cc1C(=O)O. The molecule has 0 amide bonds. The minimum Gasteiger partial charge on any atom is -0.478 e. The summed E-state index contributed by atoms with van der Waals surface area (Å²) in [5.74, 6) is -1.39. The van der Waals surface area contributed by atoms with Crippen molar-refractivity contribution in [3.8, 4) is 0 Å². The van der Waals surface area contributed by atoms with Crippen molar-refractivity contribution < 1.29 is 18.3 Å². The average molecular weight is 289 g/mol. The number of hydrogen-bond donors (Lipinski definition) is 1. The first-order chi connectivity index (χ1) is 8.29. The standard InChI is InChI=1S/C12H13ClO4S/c1-8-6-9(2)11(7-10(8)12(14)15)18(16,17)5-3-4-13/h3-4,6-7H,5H2,1-2H3,(H,14,15)/b4-3+. The average Bonchev–Trinajstić information content (AvgIpc) is 2.25. The minimum atomic E-state index is -3.56. The summed E-state index contributed by atoms with van der Waals surface area (Å²) in [6.45, 7) is 3.27. The number of aryl methyl sites for hydroxylation is 2. The van der Waals surface area contributed by atoms with E-state index in [1.54, 1.807) is 19.9 Å². The Kier molecular flexibility index (Phi) is 4.53. The van der Waals surface area contributed by atoms with Gasteiger partial charge in [0, 0.05) is 5.54 Å². The highest BCUT2D eigenvalue weighted by Crippen LogP contribution is 2.22. The maximum absolute atomic E-state index is 12.0. The van der Waals surface area contributed by atoms with Crippen molar-refractivity contribution in [1.82, 2.24) is 0 Å². The Hall–Kier alpha value is -1.33. The zero-order valence-corrected chi connectivity index (χ0v) is 11.5. The summed E-state index contributed by atoms with van der Waals surface area (Å²) in [7, 11) is -3.56. The van der Waals surface area contributed by atoms with Crippen LogP contribution in [0.4, 0.5) is 0 Å². The van der Waals surface area contributed by atoms with Crippen LogP contribution in [0.15, 0.2) is 28.6 Å². The lowest BCUT2D eigenvalue weighted by Gasteiger charge is -2.09. The fraction of sp³-hybridized carbons (Fsp3) is 0.250. The minimum absolute atomic E-state index is 0.00553. The number of rotatable bonds is 4. The lowest BCUT2D eigenvalue weighted by atomic mass is 10.1. The number of halogens is 1. The van der Waals surface area contributed by atoms with Gasteiger partial charge in [0.25, 0.3) is 0 Å². The quantitative estimate of drug-likeness (QED) is 0.924. The first kappa shape index (κ1) is 14.7. The van der Waals surface area contributed by atoms with Gasteiger partial charge in [-0.25, -0.2) is 13.2 Å². The summed E-state index contributed by atoms with van der Waals surface area (Å²) in [4.78, 5) is 11.0. The third-order valence-electron chi connectivity index (χ3n) is 2.49. The second-order valence-electron chi connectivity index (χ2n) is 3.88. The van der Waals surface area contributed by atoms with Gasteiger partial charge in [0.15, 0.2) is 9.84 Å². The third kappa shape index (κ3) is 3.11. The fourth-order valence-electron chi connectivity index (χ4n) is 1.65. The molecule has 4 nitrogen and oxygen atoms in total. The molecule has 1 aromatic carbocycles. The topological polar surface area (TPSA) is 71.4 Å². The number of carboxylic acid groups (broad SMARTS) is 1. The zero-order chi connectivity index (χ0) is 13.9. The molecule has 0 bridgehead atoms. The predicted molar refractivity (Wildman–Crippen MR) is 69.9 cm³/mol. The molecule has 0 saturated carbocycles. The van der Waals surface area contributed by atoms with Crippen LogP contribution >= 0.6 is 11.6 Å². The number of hydrogen-bond acceptors (Lipinski definition) is 3. The molecule has 0 aliphatic carbocycles. The highest BCUT2D eigenvalue weighted by molar-refractivity contribution is 7.91. The largest absolute Gasteiger partial charge is 0.478 e. The van der Waals surface area contributed by atoms with E-state index in [0.29, 0.717) is 11.1 Å². The second-order valence-corrected chi connectivity index (χ2v) is 6.14. The first-order valence-corrected chi connectivity index (χ1v) is 7.21. The van der Waals surface area contributed by atoms with E-state index in [9.17, 15) is 13.2 Å². The highest BCUT2D eigenvalue weighted by Gasteiger charge is 2.19. The lowest BCUT2D eigenvalue weighted by molar-refractivity contribution is 0.0696. The Balaban J connectivity index is 3.42. The molecule has 6 heteroatoms. The van der Waals surface area contributed by atoms with Crippen LogP contribution in [0.25, 0.3) is 0 Å². The zero-order valence-electron chi connectivity index (χ0n) is 9.97. The van der Waals surface area contributed by atoms with Gasteiger partial charge in [-0.3, -0.25) is 0 Å². The Morgan fingerprint density at radius 2 is 1.94 bits per heavy atom. The van der Waals surface area contributed by atoms with Gasteiger partial charge in [-0.1, -0.05) is 23.7 Å². The van der Waals surface area contributed by atoms with Gasteiger partial charge in [0.2, 0.25) is 0 Å². The monoisotopic (exact) mass is 288 g/mol. The van der Waals surface area contributed by atoms with E-state index in [1.165, 1.54) is 12.1 Å². The van der Waals surface area contributed by atoms with E-state index in [4.69, 9.17) is 16.7 Å². The summed E-state index contributed by atoms with van der Waals surface area (Å²) in [5.41, 5.74) is 2.18. The summed E-state index contributed by atoms with van der Waals surface area (Å²) >= 11 is 5.30. The van der Waals surface area contributed by atoms with Gasteiger partial charge in [-0.05, 0) is 31.0 Å². The molecule has 1 rings (SSSR count). The molecule has 0 saturated heterocycles. The molecule has 0 unspecified atom stereocenters. The Labute approximate surface area is 111 Å². The van der Waals surface area contributed by atoms with Crippen LogP contribution in [0.5, 0.6) is 0 Å². The number of benzene rings is 1. The molecule has 0 radical (unpaired) electrons. The van der Waals surface area contributed by atoms with Gasteiger partial charge in [-0.2, -0.15) is 0 Å². The molecule has 0 aromatic heterocycles. The molecule has 1 N–H and O–H groups in total. The Morgan fingerprint density at radius 3 is 2.44 bits per heavy atom. The van der Waals surface area contributed by atoms with E-state index < -0.39 is 15.8 Å². The fourth-order valence-corrected chi connectivity index (χ4v) is 3.22. The van der Waals surface area contributed by atoms with E-state index in [2.05, 4.69) is 0 Å². The summed E-state index contributed by atoms with van der Waals surface area (Å²) < 4.78 is 24.0. The predicted octanol–water partition coefficient (Wildman–Crippen LogP) is 2.53. The van der Waals surface area contributed by atoms with Crippen LogP contribution < -0.4 is 0 Å². The van der Waals surface area contributed by atoms with Crippen LogP contribution in [0.3, 0.4) is 0 Å². The molecular weight excluding hydrogens is 276 g/mol. The maximum atomic E-state index is 12.0. The van der Waals surface area contributed by atoms with E-state index in [1.807, 2.05) is 0 Å². The Bertz CT molecular complexity index is 603. The van der Waals surface area contributed by atoms with Gasteiger partial charge in [0.05, 0.1) is 16.2 Å². The van der Waals surface area contributed by atoms with Gasteiger partial charge in [-0.15, -0.1) is 0 Å². The number of carboxylic acids is 1. The number of sulfone groups is 1. The summed E-state index contributed by atoms with van der Waals surface area (Å²) in [5, 5.41) is 8.99. The lowest BCUT2D eigenvalue weighted by Crippen LogP contribution is -2.10. The van der Waals surface area contributed by atoms with Crippen molar-refractivity contribution in [2.75, 3.05) is 5.75 Å². The van der Waals surface area contributed by atoms with E-state index in [0.717, 1.165) is 5.54 Å². The number of aromatic carboxylic acids is 1. The van der Waals surface area contributed by atoms with E-state index >= 15 is 0 Å². The van der Waals surface area contributed by atoms with Crippen molar-refractivity contribution in [2.45, 2.75) is 18.7 Å². The van der Waals surface area contributed by atoms with Crippen molar-refractivity contribution in [2.24, 2.45) is 0 Å². The highest BCUT2D eigenvalue weighted by atomic mass is 35.5. The summed E-state index contributed by atoms with van der Waals surface area (Å²) in [6, 6.07) is 2.76. The maximum Gasteiger partial charge on any atom is 0.335 e. The molecule has 0 aliphatic heterocycles. The van der Waals surface area contributed by atoms with Crippen LogP contribution in [0.2, 0.25) is 0 Å². The van der Waals surface area contributed by atoms with Crippen LogP contribution in [-0.2, 0) is 9.84 Å². The van der Waals surface area contributed by atoms with Crippen molar-refractivity contribution in [3.05, 3.63) is 40.4 Å². The van der Waals surface area contributed by atoms with Crippen LogP contribution in [0.1, 0.15) is 21.5 Å². The molecule has 0 spiro atoms. The molecule has 18 heavy (non-hydrogen) atoms. The molecule has 0 aliphatic rings. The smallest absolute Gasteiger partial charge is 0.335 e.